The lowest BCUT2D eigenvalue weighted by atomic mass is 10.0. The van der Waals surface area contributed by atoms with Crippen LogP contribution in [0.3, 0.4) is 0 Å². The summed E-state index contributed by atoms with van der Waals surface area (Å²) >= 11 is 5.96. The van der Waals surface area contributed by atoms with Crippen LogP contribution in [-0.4, -0.2) is 59.0 Å². The summed E-state index contributed by atoms with van der Waals surface area (Å²) in [5.41, 5.74) is 1.01. The van der Waals surface area contributed by atoms with E-state index in [0.29, 0.717) is 43.3 Å². The number of amides is 1. The Morgan fingerprint density at radius 2 is 1.66 bits per heavy atom. The Kier molecular flexibility index (Phi) is 6.57. The Morgan fingerprint density at radius 3 is 2.40 bits per heavy atom. The highest BCUT2D eigenvalue weighted by Crippen LogP contribution is 2.33. The molecule has 0 bridgehead atoms. The van der Waals surface area contributed by atoms with Gasteiger partial charge in [0.2, 0.25) is 6.79 Å². The number of carbonyl (C=O) groups is 2. The number of piperazine rings is 1. The van der Waals surface area contributed by atoms with E-state index < -0.39 is 17.4 Å². The van der Waals surface area contributed by atoms with Gasteiger partial charge in [0.15, 0.2) is 23.3 Å². The number of hydrogen-bond acceptors (Lipinski definition) is 6. The van der Waals surface area contributed by atoms with Crippen molar-refractivity contribution < 1.29 is 19.1 Å². The van der Waals surface area contributed by atoms with Crippen molar-refractivity contribution in [3.05, 3.63) is 93.4 Å². The molecule has 0 radical (unpaired) electrons. The number of fused-ring (bicyclic) bond motifs is 1. The lowest BCUT2D eigenvalue weighted by Crippen LogP contribution is -2.52. The average molecular weight is 494 g/mol. The number of Topliss-reactive ketones (excluding diaryl/α,β-unsaturated/α-hetero) is 1. The standard InChI is InChI=1S/C26H24ClN3O5/c27-20-7-5-19(6-8-20)25(32)24(30-10-2-1-3-23(30)31)26(33)29-13-11-28(12-14-29)16-18-4-9-21-22(15-18)35-17-34-21/h1-10,15,24H,11-14,16-17H2/t24-/m1/s1. The average Bonchev–Trinajstić information content (AvgIpc) is 3.34. The topological polar surface area (TPSA) is 81.1 Å². The number of ketones is 1. The zero-order valence-electron chi connectivity index (χ0n) is 18.9. The molecule has 1 atom stereocenters. The number of nitrogens with zero attached hydrogens (tertiary/aromatic N) is 3. The zero-order chi connectivity index (χ0) is 24.4. The maximum absolute atomic E-state index is 13.6. The zero-order valence-corrected chi connectivity index (χ0v) is 19.7. The number of hydrogen-bond donors (Lipinski definition) is 0. The van der Waals surface area contributed by atoms with E-state index in [1.54, 1.807) is 41.3 Å². The summed E-state index contributed by atoms with van der Waals surface area (Å²) in [5.74, 6) is 0.661. The fourth-order valence-electron chi connectivity index (χ4n) is 4.38. The Balaban J connectivity index is 1.31. The van der Waals surface area contributed by atoms with Gasteiger partial charge in [-0.05, 0) is 48.0 Å². The third-order valence-electron chi connectivity index (χ3n) is 6.27. The molecule has 2 aromatic carbocycles. The van der Waals surface area contributed by atoms with Crippen LogP contribution in [0.1, 0.15) is 22.0 Å². The summed E-state index contributed by atoms with van der Waals surface area (Å²) in [7, 11) is 0. The summed E-state index contributed by atoms with van der Waals surface area (Å²) in [6, 6.07) is 15.5. The van der Waals surface area contributed by atoms with Gasteiger partial charge in [0.25, 0.3) is 11.5 Å². The fourth-order valence-corrected chi connectivity index (χ4v) is 4.51. The number of ether oxygens (including phenoxy) is 2. The molecule has 0 unspecified atom stereocenters. The Morgan fingerprint density at radius 1 is 0.914 bits per heavy atom. The third-order valence-corrected chi connectivity index (χ3v) is 6.52. The van der Waals surface area contributed by atoms with Gasteiger partial charge in [-0.3, -0.25) is 23.9 Å². The van der Waals surface area contributed by atoms with Crippen LogP contribution in [-0.2, 0) is 11.3 Å². The van der Waals surface area contributed by atoms with Gasteiger partial charge in [0.05, 0.1) is 0 Å². The predicted molar refractivity (Wildman–Crippen MR) is 130 cm³/mol. The number of halogens is 1. The number of benzene rings is 2. The van der Waals surface area contributed by atoms with E-state index in [-0.39, 0.29) is 12.7 Å². The number of rotatable bonds is 6. The van der Waals surface area contributed by atoms with Gasteiger partial charge in [-0.15, -0.1) is 0 Å². The molecule has 0 saturated carbocycles. The SMILES string of the molecule is O=C(c1ccc(Cl)cc1)[C@H](C(=O)N1CCN(Cc2ccc3c(c2)OCO3)CC1)n1ccccc1=O. The molecule has 0 spiro atoms. The summed E-state index contributed by atoms with van der Waals surface area (Å²) in [4.78, 5) is 43.5. The van der Waals surface area contributed by atoms with Crippen LogP contribution in [0.5, 0.6) is 11.5 Å². The minimum atomic E-state index is -1.27. The summed E-state index contributed by atoms with van der Waals surface area (Å²) in [6.07, 6.45) is 1.48. The smallest absolute Gasteiger partial charge is 0.253 e. The van der Waals surface area contributed by atoms with E-state index in [1.807, 2.05) is 18.2 Å². The van der Waals surface area contributed by atoms with Crippen molar-refractivity contribution in [2.24, 2.45) is 0 Å². The maximum atomic E-state index is 13.6. The molecular formula is C26H24ClN3O5. The minimum absolute atomic E-state index is 0.236. The van der Waals surface area contributed by atoms with Crippen molar-refractivity contribution in [3.8, 4) is 11.5 Å². The third kappa shape index (κ3) is 4.94. The Hall–Kier alpha value is -3.62. The molecule has 8 nitrogen and oxygen atoms in total. The Bertz CT molecular complexity index is 1300. The van der Waals surface area contributed by atoms with Crippen LogP contribution in [0.2, 0.25) is 5.02 Å². The van der Waals surface area contributed by atoms with E-state index in [0.717, 1.165) is 17.1 Å². The molecular weight excluding hydrogens is 470 g/mol. The minimum Gasteiger partial charge on any atom is -0.454 e. The van der Waals surface area contributed by atoms with E-state index in [1.165, 1.54) is 16.8 Å². The van der Waals surface area contributed by atoms with Crippen LogP contribution in [0, 0.1) is 0 Å². The van der Waals surface area contributed by atoms with Gasteiger partial charge in [-0.1, -0.05) is 23.7 Å². The van der Waals surface area contributed by atoms with E-state index in [9.17, 15) is 14.4 Å². The van der Waals surface area contributed by atoms with E-state index >= 15 is 0 Å². The van der Waals surface area contributed by atoms with Gasteiger partial charge in [-0.25, -0.2) is 0 Å². The number of carbonyl (C=O) groups excluding carboxylic acids is 2. The van der Waals surface area contributed by atoms with Gasteiger partial charge < -0.3 is 14.4 Å². The second kappa shape index (κ2) is 9.93. The molecule has 3 heterocycles. The highest BCUT2D eigenvalue weighted by atomic mass is 35.5. The van der Waals surface area contributed by atoms with Crippen LogP contribution in [0.25, 0.3) is 0 Å². The maximum Gasteiger partial charge on any atom is 0.253 e. The summed E-state index contributed by atoms with van der Waals surface area (Å²) in [6.45, 7) is 3.14. The van der Waals surface area contributed by atoms with Crippen molar-refractivity contribution in [1.82, 2.24) is 14.4 Å². The van der Waals surface area contributed by atoms with Gasteiger partial charge in [0, 0.05) is 55.6 Å². The molecule has 1 saturated heterocycles. The van der Waals surface area contributed by atoms with Crippen LogP contribution in [0.4, 0.5) is 0 Å². The highest BCUT2D eigenvalue weighted by molar-refractivity contribution is 6.30. The fraction of sp³-hybridized carbons (Fsp3) is 0.269. The monoisotopic (exact) mass is 493 g/mol. The van der Waals surface area contributed by atoms with Crippen LogP contribution >= 0.6 is 11.6 Å². The van der Waals surface area contributed by atoms with Crippen molar-refractivity contribution in [3.63, 3.8) is 0 Å². The van der Waals surface area contributed by atoms with Gasteiger partial charge in [-0.2, -0.15) is 0 Å². The first kappa shape index (κ1) is 23.1. The lowest BCUT2D eigenvalue weighted by molar-refractivity contribution is -0.135. The molecule has 1 fully saturated rings. The quantitative estimate of drug-likeness (QED) is 0.388. The molecule has 0 aliphatic carbocycles. The molecule has 9 heteroatoms. The second-order valence-corrected chi connectivity index (χ2v) is 8.95. The number of pyridine rings is 1. The van der Waals surface area contributed by atoms with Crippen LogP contribution < -0.4 is 15.0 Å². The van der Waals surface area contributed by atoms with Gasteiger partial charge in [0.1, 0.15) is 0 Å². The molecule has 5 rings (SSSR count). The first-order chi connectivity index (χ1) is 17.0. The molecule has 2 aliphatic rings. The molecule has 1 aromatic heterocycles. The molecule has 3 aromatic rings. The summed E-state index contributed by atoms with van der Waals surface area (Å²) in [5, 5.41) is 0.486. The van der Waals surface area contributed by atoms with Crippen molar-refractivity contribution in [2.75, 3.05) is 33.0 Å². The molecule has 0 N–H and O–H groups in total. The predicted octanol–water partition coefficient (Wildman–Crippen LogP) is 3.00. The highest BCUT2D eigenvalue weighted by Gasteiger charge is 2.35. The van der Waals surface area contributed by atoms with E-state index in [4.69, 9.17) is 21.1 Å². The first-order valence-corrected chi connectivity index (χ1v) is 11.7. The first-order valence-electron chi connectivity index (χ1n) is 11.4. The molecule has 2 aliphatic heterocycles. The summed E-state index contributed by atoms with van der Waals surface area (Å²) < 4.78 is 12.0. The van der Waals surface area contributed by atoms with Crippen molar-refractivity contribution in [1.29, 1.82) is 0 Å². The van der Waals surface area contributed by atoms with Crippen molar-refractivity contribution in [2.45, 2.75) is 12.6 Å². The molecule has 180 valence electrons. The van der Waals surface area contributed by atoms with Crippen molar-refractivity contribution >= 4 is 23.3 Å². The second-order valence-electron chi connectivity index (χ2n) is 8.51. The van der Waals surface area contributed by atoms with Gasteiger partial charge >= 0.3 is 0 Å². The largest absolute Gasteiger partial charge is 0.454 e. The van der Waals surface area contributed by atoms with Crippen LogP contribution in [0.15, 0.2) is 71.7 Å². The normalized spacial score (nSPS) is 16.2. The lowest BCUT2D eigenvalue weighted by Gasteiger charge is -2.36. The molecule has 1 amide bonds. The van der Waals surface area contributed by atoms with E-state index in [2.05, 4.69) is 4.90 Å². The molecule has 35 heavy (non-hydrogen) atoms. The number of aromatic nitrogens is 1. The Labute approximate surface area is 207 Å².